The third-order valence-electron chi connectivity index (χ3n) is 3.86. The lowest BCUT2D eigenvalue weighted by molar-refractivity contribution is -0.142. The number of anilines is 1. The number of benzene rings is 2. The molecule has 2 aromatic carbocycles. The molecule has 0 aliphatic carbocycles. The van der Waals surface area contributed by atoms with Crippen molar-refractivity contribution in [2.45, 2.75) is 26.9 Å². The molecule has 7 heteroatoms. The number of nitrogens with one attached hydrogen (secondary N) is 1. The summed E-state index contributed by atoms with van der Waals surface area (Å²) in [5.74, 6) is -0.120. The number of amides is 1. The van der Waals surface area contributed by atoms with Crippen molar-refractivity contribution in [3.05, 3.63) is 59.7 Å². The second kappa shape index (κ2) is 10.8. The van der Waals surface area contributed by atoms with E-state index in [-0.39, 0.29) is 11.9 Å². The Bertz CT molecular complexity index is 948. The minimum Gasteiger partial charge on any atom is -0.493 e. The maximum Gasteiger partial charge on any atom is 0.331 e. The molecule has 0 heterocycles. The number of carbonyl (C=O) groups is 3. The monoisotopic (exact) mass is 411 g/mol. The van der Waals surface area contributed by atoms with Gasteiger partial charge in [-0.15, -0.1) is 0 Å². The van der Waals surface area contributed by atoms with Crippen molar-refractivity contribution >= 4 is 29.4 Å². The first kappa shape index (κ1) is 22.7. The predicted molar refractivity (Wildman–Crippen MR) is 114 cm³/mol. The van der Waals surface area contributed by atoms with E-state index >= 15 is 0 Å². The highest BCUT2D eigenvalue weighted by Crippen LogP contribution is 2.29. The van der Waals surface area contributed by atoms with Gasteiger partial charge in [-0.25, -0.2) is 4.79 Å². The van der Waals surface area contributed by atoms with Gasteiger partial charge in [-0.1, -0.05) is 18.2 Å². The highest BCUT2D eigenvalue weighted by Gasteiger charge is 2.09. The molecule has 2 aromatic rings. The van der Waals surface area contributed by atoms with Crippen LogP contribution in [-0.2, 0) is 14.3 Å². The van der Waals surface area contributed by atoms with E-state index < -0.39 is 18.5 Å². The van der Waals surface area contributed by atoms with Gasteiger partial charge >= 0.3 is 5.97 Å². The summed E-state index contributed by atoms with van der Waals surface area (Å²) in [6, 6.07) is 11.8. The van der Waals surface area contributed by atoms with Crippen LogP contribution in [0.15, 0.2) is 48.5 Å². The minimum atomic E-state index is -0.663. The van der Waals surface area contributed by atoms with Gasteiger partial charge in [0.2, 0.25) is 0 Å². The Hall–Kier alpha value is -3.61. The number of ether oxygens (including phenoxy) is 3. The van der Waals surface area contributed by atoms with Crippen LogP contribution < -0.4 is 14.8 Å². The third-order valence-corrected chi connectivity index (χ3v) is 3.86. The molecule has 7 nitrogen and oxygen atoms in total. The molecule has 0 aliphatic heterocycles. The summed E-state index contributed by atoms with van der Waals surface area (Å²) in [5, 5.41) is 2.58. The Morgan fingerprint density at radius 3 is 2.50 bits per heavy atom. The molecule has 0 fully saturated rings. The van der Waals surface area contributed by atoms with Gasteiger partial charge < -0.3 is 19.5 Å². The summed E-state index contributed by atoms with van der Waals surface area (Å²) in [4.78, 5) is 35.2. The Morgan fingerprint density at radius 2 is 1.83 bits per heavy atom. The van der Waals surface area contributed by atoms with Crippen LogP contribution in [-0.4, -0.2) is 37.5 Å². The number of hydrogen-bond donors (Lipinski definition) is 1. The lowest BCUT2D eigenvalue weighted by atomic mass is 10.1. The normalized spacial score (nSPS) is 10.7. The Kier molecular flexibility index (Phi) is 8.17. The van der Waals surface area contributed by atoms with E-state index in [2.05, 4.69) is 5.32 Å². The quantitative estimate of drug-likeness (QED) is 0.383. The molecule has 0 aliphatic rings. The maximum atomic E-state index is 12.0. The number of rotatable bonds is 9. The van der Waals surface area contributed by atoms with Gasteiger partial charge in [-0.05, 0) is 56.7 Å². The number of carbonyl (C=O) groups excluding carboxylic acids is 3. The first-order valence-corrected chi connectivity index (χ1v) is 9.39. The molecule has 0 radical (unpaired) electrons. The lowest BCUT2D eigenvalue weighted by Gasteiger charge is -2.13. The SMILES string of the molecule is COc1cc(/C=C/C(=O)OCC(=O)Nc2cccc(C(C)=O)c2)ccc1OC(C)C. The first-order chi connectivity index (χ1) is 14.3. The fourth-order valence-corrected chi connectivity index (χ4v) is 2.50. The van der Waals surface area contributed by atoms with Gasteiger partial charge in [-0.2, -0.15) is 0 Å². The number of hydrogen-bond acceptors (Lipinski definition) is 6. The average Bonchev–Trinajstić information content (AvgIpc) is 2.71. The number of Topliss-reactive ketones (excluding diaryl/α,β-unsaturated/α-hetero) is 1. The molecule has 1 N–H and O–H groups in total. The molecular weight excluding hydrogens is 386 g/mol. The number of methoxy groups -OCH3 is 1. The molecule has 0 bridgehead atoms. The summed E-state index contributed by atoms with van der Waals surface area (Å²) in [7, 11) is 1.54. The van der Waals surface area contributed by atoms with Gasteiger partial charge in [0.25, 0.3) is 5.91 Å². The number of esters is 1. The molecule has 1 amide bonds. The van der Waals surface area contributed by atoms with E-state index in [4.69, 9.17) is 14.2 Å². The molecule has 0 spiro atoms. The average molecular weight is 411 g/mol. The molecule has 0 aromatic heterocycles. The van der Waals surface area contributed by atoms with Crippen LogP contribution in [0, 0.1) is 0 Å². The Balaban J connectivity index is 1.89. The zero-order valence-electron chi connectivity index (χ0n) is 17.4. The Labute approximate surface area is 175 Å². The summed E-state index contributed by atoms with van der Waals surface area (Å²) in [6.07, 6.45) is 2.78. The van der Waals surface area contributed by atoms with Crippen LogP contribution in [0.1, 0.15) is 36.7 Å². The smallest absolute Gasteiger partial charge is 0.331 e. The van der Waals surface area contributed by atoms with Gasteiger partial charge in [0.1, 0.15) is 0 Å². The number of ketones is 1. The van der Waals surface area contributed by atoms with Gasteiger partial charge in [0.15, 0.2) is 23.9 Å². The van der Waals surface area contributed by atoms with Crippen LogP contribution in [0.25, 0.3) is 6.08 Å². The topological polar surface area (TPSA) is 90.9 Å². The summed E-state index contributed by atoms with van der Waals surface area (Å²) >= 11 is 0. The van der Waals surface area contributed by atoms with Crippen molar-refractivity contribution < 1.29 is 28.6 Å². The van der Waals surface area contributed by atoms with Crippen molar-refractivity contribution in [3.63, 3.8) is 0 Å². The van der Waals surface area contributed by atoms with Crippen molar-refractivity contribution in [2.24, 2.45) is 0 Å². The van der Waals surface area contributed by atoms with E-state index in [1.807, 2.05) is 13.8 Å². The van der Waals surface area contributed by atoms with Crippen LogP contribution in [0.3, 0.4) is 0 Å². The molecular formula is C23H25NO6. The summed E-state index contributed by atoms with van der Waals surface area (Å²) in [5.41, 5.74) is 1.65. The van der Waals surface area contributed by atoms with Crippen molar-refractivity contribution in [1.82, 2.24) is 0 Å². The summed E-state index contributed by atoms with van der Waals surface area (Å²) < 4.78 is 15.9. The third kappa shape index (κ3) is 7.09. The molecule has 2 rings (SSSR count). The minimum absolute atomic E-state index is 0.00588. The second-order valence-electron chi connectivity index (χ2n) is 6.70. The summed E-state index contributed by atoms with van der Waals surface area (Å²) in [6.45, 7) is 4.83. The van der Waals surface area contributed by atoms with Gasteiger partial charge in [0, 0.05) is 17.3 Å². The van der Waals surface area contributed by atoms with E-state index in [1.165, 1.54) is 20.1 Å². The van der Waals surface area contributed by atoms with Crippen molar-refractivity contribution in [3.8, 4) is 11.5 Å². The van der Waals surface area contributed by atoms with Crippen LogP contribution in [0.5, 0.6) is 11.5 Å². The largest absolute Gasteiger partial charge is 0.493 e. The maximum absolute atomic E-state index is 12.0. The van der Waals surface area contributed by atoms with E-state index in [1.54, 1.807) is 48.5 Å². The fourth-order valence-electron chi connectivity index (χ4n) is 2.50. The highest BCUT2D eigenvalue weighted by atomic mass is 16.5. The zero-order valence-corrected chi connectivity index (χ0v) is 17.4. The standard InChI is InChI=1S/C23H25NO6/c1-15(2)30-20-10-8-17(12-21(20)28-4)9-11-23(27)29-14-22(26)24-19-7-5-6-18(13-19)16(3)25/h5-13,15H,14H2,1-4H3,(H,24,26)/b11-9+. The molecule has 30 heavy (non-hydrogen) atoms. The van der Waals surface area contributed by atoms with Crippen molar-refractivity contribution in [1.29, 1.82) is 0 Å². The van der Waals surface area contributed by atoms with Gasteiger partial charge in [0.05, 0.1) is 13.2 Å². The van der Waals surface area contributed by atoms with E-state index in [9.17, 15) is 14.4 Å². The van der Waals surface area contributed by atoms with E-state index in [0.717, 1.165) is 0 Å². The molecule has 0 saturated heterocycles. The van der Waals surface area contributed by atoms with Crippen LogP contribution >= 0.6 is 0 Å². The highest BCUT2D eigenvalue weighted by molar-refractivity contribution is 5.98. The molecule has 0 atom stereocenters. The fraction of sp³-hybridized carbons (Fsp3) is 0.261. The molecule has 0 saturated carbocycles. The molecule has 158 valence electrons. The molecule has 0 unspecified atom stereocenters. The van der Waals surface area contributed by atoms with Gasteiger partial charge in [-0.3, -0.25) is 9.59 Å². The van der Waals surface area contributed by atoms with Crippen LogP contribution in [0.2, 0.25) is 0 Å². The lowest BCUT2D eigenvalue weighted by Crippen LogP contribution is -2.20. The predicted octanol–water partition coefficient (Wildman–Crippen LogP) is 3.88. The first-order valence-electron chi connectivity index (χ1n) is 9.39. The van der Waals surface area contributed by atoms with Crippen LogP contribution in [0.4, 0.5) is 5.69 Å². The zero-order chi connectivity index (χ0) is 22.1. The van der Waals surface area contributed by atoms with E-state index in [0.29, 0.717) is 28.3 Å². The Morgan fingerprint density at radius 1 is 1.07 bits per heavy atom. The second-order valence-corrected chi connectivity index (χ2v) is 6.70. The van der Waals surface area contributed by atoms with Crippen molar-refractivity contribution in [2.75, 3.05) is 19.0 Å².